The molecule has 12 heteroatoms. The van der Waals surface area contributed by atoms with E-state index in [1.165, 1.54) is 26.2 Å². The summed E-state index contributed by atoms with van der Waals surface area (Å²) in [6.07, 6.45) is 1.06. The van der Waals surface area contributed by atoms with Gasteiger partial charge in [-0.2, -0.15) is 10.4 Å². The molecule has 3 N–H and O–H groups in total. The summed E-state index contributed by atoms with van der Waals surface area (Å²) in [6.45, 7) is 2.20. The number of sulfone groups is 1. The number of anilines is 1. The molecule has 34 heavy (non-hydrogen) atoms. The van der Waals surface area contributed by atoms with Crippen molar-refractivity contribution >= 4 is 26.9 Å². The van der Waals surface area contributed by atoms with Crippen molar-refractivity contribution in [3.05, 3.63) is 47.8 Å². The number of hydrogen-bond acceptors (Lipinski definition) is 8. The molecular formula is C22H23FN6O4S. The van der Waals surface area contributed by atoms with Crippen molar-refractivity contribution < 1.29 is 22.7 Å². The molecule has 3 aromatic rings. The standard InChI is InChI=1S/C22H23FN6O4S/c1-22(2,31)20(23)10-26-21(30)16-9-25-18(6-17(16)28-14-11-34(32,33)12-14)19-4-3-15-5-13(7-24)8-27-29(15)19/h3-6,8-9,14,20,31H,10-12H2,1-2H3,(H,25,28)(H,26,30). The number of amides is 1. The molecule has 4 heterocycles. The first-order valence-corrected chi connectivity index (χ1v) is 12.3. The Bertz CT molecular complexity index is 1390. The Hall–Kier alpha value is -3.56. The molecule has 178 valence electrons. The Kier molecular flexibility index (Phi) is 6.01. The zero-order valence-corrected chi connectivity index (χ0v) is 19.3. The molecule has 0 aromatic carbocycles. The van der Waals surface area contributed by atoms with Gasteiger partial charge < -0.3 is 15.7 Å². The number of alkyl halides is 1. The van der Waals surface area contributed by atoms with E-state index in [0.29, 0.717) is 28.2 Å². The van der Waals surface area contributed by atoms with Crippen LogP contribution in [-0.2, 0) is 9.84 Å². The first kappa shape index (κ1) is 23.6. The summed E-state index contributed by atoms with van der Waals surface area (Å²) < 4.78 is 38.9. The van der Waals surface area contributed by atoms with E-state index < -0.39 is 34.1 Å². The quantitative estimate of drug-likeness (QED) is 0.453. The average Bonchev–Trinajstić information content (AvgIpc) is 3.18. The summed E-state index contributed by atoms with van der Waals surface area (Å²) >= 11 is 0. The lowest BCUT2D eigenvalue weighted by Gasteiger charge is -2.28. The van der Waals surface area contributed by atoms with Crippen LogP contribution in [0.2, 0.25) is 0 Å². The molecule has 1 aliphatic rings. The molecular weight excluding hydrogens is 463 g/mol. The first-order chi connectivity index (χ1) is 16.0. The maximum Gasteiger partial charge on any atom is 0.255 e. The number of nitrogens with zero attached hydrogens (tertiary/aromatic N) is 4. The number of hydrogen-bond donors (Lipinski definition) is 3. The van der Waals surface area contributed by atoms with Gasteiger partial charge in [0.2, 0.25) is 0 Å². The minimum absolute atomic E-state index is 0.0660. The van der Waals surface area contributed by atoms with Crippen molar-refractivity contribution in [2.24, 2.45) is 0 Å². The predicted molar refractivity (Wildman–Crippen MR) is 123 cm³/mol. The largest absolute Gasteiger partial charge is 0.387 e. The third-order valence-corrected chi connectivity index (χ3v) is 7.34. The fourth-order valence-electron chi connectivity index (χ4n) is 3.54. The van der Waals surface area contributed by atoms with Gasteiger partial charge >= 0.3 is 0 Å². The van der Waals surface area contributed by atoms with Crippen molar-refractivity contribution in [1.29, 1.82) is 5.26 Å². The summed E-state index contributed by atoms with van der Waals surface area (Å²) in [7, 11) is -3.11. The van der Waals surface area contributed by atoms with Crippen molar-refractivity contribution in [3.63, 3.8) is 0 Å². The summed E-state index contributed by atoms with van der Waals surface area (Å²) in [5, 5.41) is 28.6. The van der Waals surface area contributed by atoms with E-state index in [1.54, 1.807) is 28.8 Å². The molecule has 0 radical (unpaired) electrons. The molecule has 1 fully saturated rings. The molecule has 0 saturated carbocycles. The zero-order valence-electron chi connectivity index (χ0n) is 18.5. The lowest BCUT2D eigenvalue weighted by molar-refractivity contribution is -0.00177. The highest BCUT2D eigenvalue weighted by Gasteiger charge is 2.34. The third kappa shape index (κ3) is 4.85. The van der Waals surface area contributed by atoms with Crippen LogP contribution in [0.5, 0.6) is 0 Å². The van der Waals surface area contributed by atoms with E-state index in [1.807, 2.05) is 6.07 Å². The Morgan fingerprint density at radius 2 is 2.09 bits per heavy atom. The minimum atomic E-state index is -3.11. The molecule has 1 saturated heterocycles. The average molecular weight is 487 g/mol. The van der Waals surface area contributed by atoms with Gasteiger partial charge in [-0.15, -0.1) is 0 Å². The van der Waals surface area contributed by atoms with Gasteiger partial charge in [-0.1, -0.05) is 0 Å². The van der Waals surface area contributed by atoms with Crippen LogP contribution in [0.25, 0.3) is 16.9 Å². The molecule has 10 nitrogen and oxygen atoms in total. The minimum Gasteiger partial charge on any atom is -0.387 e. The molecule has 0 spiro atoms. The molecule has 1 aliphatic heterocycles. The number of aromatic nitrogens is 3. The zero-order chi connectivity index (χ0) is 24.7. The van der Waals surface area contributed by atoms with E-state index in [9.17, 15) is 22.7 Å². The number of nitrogens with one attached hydrogen (secondary N) is 2. The van der Waals surface area contributed by atoms with Gasteiger partial charge in [-0.05, 0) is 38.1 Å². The van der Waals surface area contributed by atoms with E-state index in [0.717, 1.165) is 0 Å². The maximum atomic E-state index is 14.1. The summed E-state index contributed by atoms with van der Waals surface area (Å²) in [5.74, 6) is -0.750. The van der Waals surface area contributed by atoms with Crippen molar-refractivity contribution in [2.75, 3.05) is 23.4 Å². The van der Waals surface area contributed by atoms with Gasteiger partial charge in [0.05, 0.1) is 69.6 Å². The van der Waals surface area contributed by atoms with Crippen molar-refractivity contribution in [2.45, 2.75) is 31.7 Å². The fraction of sp³-hybridized carbons (Fsp3) is 0.364. The van der Waals surface area contributed by atoms with E-state index in [-0.39, 0.29) is 23.1 Å². The number of aliphatic hydroxyl groups is 1. The summed E-state index contributed by atoms with van der Waals surface area (Å²) in [5.41, 5.74) is 0.965. The number of pyridine rings is 1. The smallest absolute Gasteiger partial charge is 0.255 e. The van der Waals surface area contributed by atoms with Gasteiger partial charge in [-0.25, -0.2) is 17.3 Å². The number of fused-ring (bicyclic) bond motifs is 1. The van der Waals surface area contributed by atoms with Crippen LogP contribution < -0.4 is 10.6 Å². The molecule has 0 bridgehead atoms. The Morgan fingerprint density at radius 3 is 2.74 bits per heavy atom. The monoisotopic (exact) mass is 486 g/mol. The van der Waals surface area contributed by atoms with Crippen LogP contribution in [0.1, 0.15) is 29.8 Å². The number of rotatable bonds is 7. The van der Waals surface area contributed by atoms with Crippen LogP contribution in [0.15, 0.2) is 36.7 Å². The lowest BCUT2D eigenvalue weighted by atomic mass is 10.0. The molecule has 3 aromatic heterocycles. The van der Waals surface area contributed by atoms with Crippen LogP contribution >= 0.6 is 0 Å². The van der Waals surface area contributed by atoms with Crippen molar-refractivity contribution in [3.8, 4) is 17.5 Å². The number of halogens is 1. The molecule has 1 atom stereocenters. The lowest BCUT2D eigenvalue weighted by Crippen LogP contribution is -2.47. The number of carbonyl (C=O) groups excluding carboxylic acids is 1. The highest BCUT2D eigenvalue weighted by molar-refractivity contribution is 7.92. The van der Waals surface area contributed by atoms with Gasteiger partial charge in [0.25, 0.3) is 5.91 Å². The topological polar surface area (TPSA) is 149 Å². The summed E-state index contributed by atoms with van der Waals surface area (Å²) in [4.78, 5) is 17.2. The van der Waals surface area contributed by atoms with Crippen LogP contribution in [0, 0.1) is 11.3 Å². The van der Waals surface area contributed by atoms with E-state index >= 15 is 0 Å². The van der Waals surface area contributed by atoms with Gasteiger partial charge in [0.1, 0.15) is 12.2 Å². The Morgan fingerprint density at radius 1 is 1.35 bits per heavy atom. The van der Waals surface area contributed by atoms with Crippen LogP contribution in [0.3, 0.4) is 0 Å². The maximum absolute atomic E-state index is 14.1. The van der Waals surface area contributed by atoms with E-state index in [4.69, 9.17) is 5.26 Å². The first-order valence-electron chi connectivity index (χ1n) is 10.5. The molecule has 4 rings (SSSR count). The third-order valence-electron chi connectivity index (χ3n) is 5.52. The normalized spacial score (nSPS) is 16.4. The second-order valence-electron chi connectivity index (χ2n) is 8.78. The number of carbonyl (C=O) groups is 1. The Balaban J connectivity index is 1.66. The van der Waals surface area contributed by atoms with Gasteiger partial charge in [0.15, 0.2) is 9.84 Å². The van der Waals surface area contributed by atoms with Gasteiger partial charge in [-0.3, -0.25) is 9.78 Å². The molecule has 1 unspecified atom stereocenters. The van der Waals surface area contributed by atoms with Crippen LogP contribution in [-0.4, -0.2) is 69.9 Å². The van der Waals surface area contributed by atoms with Crippen molar-refractivity contribution in [1.82, 2.24) is 19.9 Å². The number of nitriles is 1. The predicted octanol–water partition coefficient (Wildman–Crippen LogP) is 1.32. The highest BCUT2D eigenvalue weighted by Crippen LogP contribution is 2.27. The molecule has 1 amide bonds. The summed E-state index contributed by atoms with van der Waals surface area (Å²) in [6, 6.07) is 8.46. The van der Waals surface area contributed by atoms with Crippen LogP contribution in [0.4, 0.5) is 10.1 Å². The Labute approximate surface area is 195 Å². The fourth-order valence-corrected chi connectivity index (χ4v) is 4.84. The van der Waals surface area contributed by atoms with E-state index in [2.05, 4.69) is 20.7 Å². The molecule has 0 aliphatic carbocycles. The second-order valence-corrected chi connectivity index (χ2v) is 10.9. The highest BCUT2D eigenvalue weighted by atomic mass is 32.2. The second kappa shape index (κ2) is 8.66. The SMILES string of the molecule is CC(C)(O)C(F)CNC(=O)c1cnc(-c2ccc3cc(C#N)cnn23)cc1NC1CS(=O)(=O)C1. The van der Waals surface area contributed by atoms with Gasteiger partial charge in [0, 0.05) is 6.20 Å².